The number of rotatable bonds is 8. The van der Waals surface area contributed by atoms with E-state index in [1.54, 1.807) is 6.20 Å². The number of nitrogens with zero attached hydrogens (tertiary/aromatic N) is 2. The van der Waals surface area contributed by atoms with Crippen LogP contribution in [0.2, 0.25) is 22.5 Å². The largest absolute Gasteiger partial charge is 0.410 e. The second-order valence-corrected chi connectivity index (χ2v) is 17.1. The number of halogens is 1. The zero-order valence-corrected chi connectivity index (χ0v) is 23.2. The van der Waals surface area contributed by atoms with Gasteiger partial charge in [-0.15, -0.1) is 11.3 Å². The third-order valence-electron chi connectivity index (χ3n) is 7.23. The van der Waals surface area contributed by atoms with Crippen LogP contribution in [0, 0.1) is 11.8 Å². The number of aromatic nitrogens is 2. The van der Waals surface area contributed by atoms with Gasteiger partial charge in [0.1, 0.15) is 12.1 Å². The Bertz CT molecular complexity index is 992. The molecule has 1 fully saturated rings. The first-order valence-corrected chi connectivity index (χ1v) is 15.6. The van der Waals surface area contributed by atoms with Crippen molar-refractivity contribution in [1.82, 2.24) is 9.97 Å². The lowest BCUT2D eigenvalue weighted by Gasteiger charge is -2.38. The summed E-state index contributed by atoms with van der Waals surface area (Å²) in [5.41, 5.74) is 1.27. The highest BCUT2D eigenvalue weighted by Gasteiger charge is 2.39. The molecule has 0 bridgehead atoms. The molecule has 33 heavy (non-hydrogen) atoms. The molecule has 0 saturated heterocycles. The van der Waals surface area contributed by atoms with Crippen LogP contribution in [-0.2, 0) is 4.43 Å². The first kappa shape index (κ1) is 26.3. The molecule has 0 radical (unpaired) electrons. The SMILES string of the molecule is CC(O[Si](C)(C)C(C)(C)C)c1cc(C(=O)c2cncnc2N[C@@H]2C[C@H](CO)[C@@H](C)C2)sc1Cl. The molecule has 2 heterocycles. The van der Waals surface area contributed by atoms with Gasteiger partial charge in [0.05, 0.1) is 20.9 Å². The van der Waals surface area contributed by atoms with E-state index in [1.165, 1.54) is 17.7 Å². The zero-order chi connectivity index (χ0) is 24.6. The minimum atomic E-state index is -1.99. The lowest BCUT2D eigenvalue weighted by molar-refractivity contribution is 0.104. The molecule has 1 aliphatic carbocycles. The summed E-state index contributed by atoms with van der Waals surface area (Å²) in [6.07, 6.45) is 4.59. The molecule has 1 unspecified atom stereocenters. The van der Waals surface area contributed by atoms with E-state index in [0.717, 1.165) is 18.4 Å². The minimum absolute atomic E-state index is 0.0805. The number of hydrogen-bond donors (Lipinski definition) is 2. The van der Waals surface area contributed by atoms with Crippen LogP contribution in [0.3, 0.4) is 0 Å². The molecule has 3 rings (SSSR count). The van der Waals surface area contributed by atoms with Gasteiger partial charge in [-0.3, -0.25) is 4.79 Å². The average molecular weight is 510 g/mol. The average Bonchev–Trinajstić information content (AvgIpc) is 3.28. The Balaban J connectivity index is 1.80. The molecule has 182 valence electrons. The van der Waals surface area contributed by atoms with E-state index in [1.807, 2.05) is 13.0 Å². The van der Waals surface area contributed by atoms with E-state index in [-0.39, 0.29) is 35.5 Å². The quantitative estimate of drug-likeness (QED) is 0.319. The molecule has 0 aromatic carbocycles. The lowest BCUT2D eigenvalue weighted by Crippen LogP contribution is -2.41. The molecule has 1 aliphatic rings. The maximum Gasteiger partial charge on any atom is 0.208 e. The number of aliphatic hydroxyl groups excluding tert-OH is 1. The van der Waals surface area contributed by atoms with Gasteiger partial charge in [0.15, 0.2) is 8.32 Å². The van der Waals surface area contributed by atoms with Gasteiger partial charge in [0.2, 0.25) is 5.78 Å². The number of thiophene rings is 1. The van der Waals surface area contributed by atoms with E-state index in [9.17, 15) is 9.90 Å². The van der Waals surface area contributed by atoms with E-state index in [2.05, 4.69) is 56.1 Å². The molecule has 1 saturated carbocycles. The molecule has 0 amide bonds. The van der Waals surface area contributed by atoms with Crippen molar-refractivity contribution in [3.63, 3.8) is 0 Å². The molecular weight excluding hydrogens is 474 g/mol. The van der Waals surface area contributed by atoms with Crippen molar-refractivity contribution < 1.29 is 14.3 Å². The Morgan fingerprint density at radius 2 is 2.09 bits per heavy atom. The minimum Gasteiger partial charge on any atom is -0.410 e. The zero-order valence-electron chi connectivity index (χ0n) is 20.6. The molecule has 0 aliphatic heterocycles. The first-order valence-electron chi connectivity index (χ1n) is 11.5. The monoisotopic (exact) mass is 509 g/mol. The smallest absolute Gasteiger partial charge is 0.208 e. The van der Waals surface area contributed by atoms with Crippen LogP contribution in [-0.4, -0.2) is 41.8 Å². The van der Waals surface area contributed by atoms with Gasteiger partial charge in [0, 0.05) is 24.4 Å². The van der Waals surface area contributed by atoms with Crippen molar-refractivity contribution in [3.8, 4) is 0 Å². The number of ketones is 1. The van der Waals surface area contributed by atoms with Crippen LogP contribution >= 0.6 is 22.9 Å². The van der Waals surface area contributed by atoms with Gasteiger partial charge < -0.3 is 14.8 Å². The van der Waals surface area contributed by atoms with Crippen LogP contribution in [0.4, 0.5) is 5.82 Å². The molecule has 4 atom stereocenters. The van der Waals surface area contributed by atoms with E-state index in [4.69, 9.17) is 16.0 Å². The van der Waals surface area contributed by atoms with E-state index < -0.39 is 8.32 Å². The maximum absolute atomic E-state index is 13.4. The topological polar surface area (TPSA) is 84.3 Å². The van der Waals surface area contributed by atoms with Crippen molar-refractivity contribution in [1.29, 1.82) is 0 Å². The number of carbonyl (C=O) groups is 1. The highest BCUT2D eigenvalue weighted by molar-refractivity contribution is 7.18. The summed E-state index contributed by atoms with van der Waals surface area (Å²) in [6, 6.07) is 2.02. The van der Waals surface area contributed by atoms with Gasteiger partial charge in [-0.1, -0.05) is 39.3 Å². The van der Waals surface area contributed by atoms with Crippen LogP contribution in [0.1, 0.15) is 74.4 Å². The summed E-state index contributed by atoms with van der Waals surface area (Å²) >= 11 is 7.84. The summed E-state index contributed by atoms with van der Waals surface area (Å²) < 4.78 is 7.08. The maximum atomic E-state index is 13.4. The van der Waals surface area contributed by atoms with Gasteiger partial charge in [0.25, 0.3) is 0 Å². The van der Waals surface area contributed by atoms with Gasteiger partial charge in [-0.25, -0.2) is 9.97 Å². The van der Waals surface area contributed by atoms with Crippen molar-refractivity contribution in [2.24, 2.45) is 11.8 Å². The second-order valence-electron chi connectivity index (χ2n) is 10.7. The number of aliphatic hydroxyl groups is 1. The fourth-order valence-corrected chi connectivity index (χ4v) is 6.84. The molecule has 2 aromatic heterocycles. The van der Waals surface area contributed by atoms with Gasteiger partial charge in [-0.05, 0) is 55.8 Å². The third-order valence-corrected chi connectivity index (χ3v) is 13.2. The first-order chi connectivity index (χ1) is 15.3. The Hall–Kier alpha value is -1.32. The number of nitrogens with one attached hydrogen (secondary N) is 1. The number of carbonyl (C=O) groups excluding carboxylic acids is 1. The van der Waals surface area contributed by atoms with Gasteiger partial charge >= 0.3 is 0 Å². The van der Waals surface area contributed by atoms with Crippen molar-refractivity contribution in [2.75, 3.05) is 11.9 Å². The van der Waals surface area contributed by atoms with Crippen molar-refractivity contribution >= 4 is 42.9 Å². The molecule has 2 aromatic rings. The third kappa shape index (κ3) is 5.85. The Kier molecular flexibility index (Phi) is 8.06. The van der Waals surface area contributed by atoms with E-state index >= 15 is 0 Å². The number of hydrogen-bond acceptors (Lipinski definition) is 7. The van der Waals surface area contributed by atoms with Crippen LogP contribution in [0.15, 0.2) is 18.6 Å². The predicted octanol–water partition coefficient (Wildman–Crippen LogP) is 6.32. The summed E-state index contributed by atoms with van der Waals surface area (Å²) in [5.74, 6) is 1.07. The number of anilines is 1. The van der Waals surface area contributed by atoms with Crippen molar-refractivity contribution in [3.05, 3.63) is 38.9 Å². The fourth-order valence-electron chi connectivity index (χ4n) is 4.10. The molecule has 6 nitrogen and oxygen atoms in total. The second kappa shape index (κ2) is 10.1. The van der Waals surface area contributed by atoms with Crippen LogP contribution < -0.4 is 5.32 Å². The highest BCUT2D eigenvalue weighted by Crippen LogP contribution is 2.42. The predicted molar refractivity (Wildman–Crippen MR) is 138 cm³/mol. The summed E-state index contributed by atoms with van der Waals surface area (Å²) in [4.78, 5) is 22.4. The summed E-state index contributed by atoms with van der Waals surface area (Å²) in [6.45, 7) is 15.4. The van der Waals surface area contributed by atoms with E-state index in [0.29, 0.717) is 26.5 Å². The molecule has 0 spiro atoms. The van der Waals surface area contributed by atoms with Crippen LogP contribution in [0.25, 0.3) is 0 Å². The Labute approximate surface area is 207 Å². The fraction of sp³-hybridized carbons (Fsp3) is 0.625. The van der Waals surface area contributed by atoms with Crippen LogP contribution in [0.5, 0.6) is 0 Å². The van der Waals surface area contributed by atoms with Gasteiger partial charge in [-0.2, -0.15) is 0 Å². The summed E-state index contributed by atoms with van der Waals surface area (Å²) in [7, 11) is -1.99. The Morgan fingerprint density at radius 1 is 1.39 bits per heavy atom. The van der Waals surface area contributed by atoms with Crippen molar-refractivity contribution in [2.45, 2.75) is 77.7 Å². The Morgan fingerprint density at radius 3 is 2.70 bits per heavy atom. The molecule has 2 N–H and O–H groups in total. The molecular formula is C24H36ClN3O3SSi. The lowest BCUT2D eigenvalue weighted by atomic mass is 10.00. The normalized spacial score (nSPS) is 22.4. The highest BCUT2D eigenvalue weighted by atomic mass is 35.5. The summed E-state index contributed by atoms with van der Waals surface area (Å²) in [5, 5.41) is 13.1. The standard InChI is InChI=1S/C24H36ClN3O3SSi/c1-14-8-17(9-16(14)12-29)28-23-19(11-26-13-27-23)21(30)20-10-18(22(25)32-20)15(2)31-33(6,7)24(3,4)5/h10-11,13-17,29H,8-9,12H2,1-7H3,(H,26,27,28)/t14-,15?,16+,17-/m0/s1. The molecule has 9 heteroatoms.